The topological polar surface area (TPSA) is 143 Å². The third-order valence-corrected chi connectivity index (χ3v) is 5.38. The Hall–Kier alpha value is -4.13. The smallest absolute Gasteiger partial charge is 0.296 e. The number of aromatic nitrogens is 6. The second-order valence-electron chi connectivity index (χ2n) is 7.49. The van der Waals surface area contributed by atoms with Gasteiger partial charge < -0.3 is 25.8 Å². The largest absolute Gasteiger partial charge is 0.494 e. The number of rotatable bonds is 5. The van der Waals surface area contributed by atoms with E-state index in [-0.39, 0.29) is 29.1 Å². The molecule has 11 nitrogen and oxygen atoms in total. The number of methoxy groups -OCH3 is 1. The molecule has 4 heterocycles. The van der Waals surface area contributed by atoms with Crippen molar-refractivity contribution in [1.82, 2.24) is 29.5 Å². The molecule has 0 unspecified atom stereocenters. The number of pyridine rings is 1. The molecular weight excluding hydrogens is 448 g/mol. The van der Waals surface area contributed by atoms with Gasteiger partial charge in [-0.3, -0.25) is 4.57 Å². The van der Waals surface area contributed by atoms with Crippen molar-refractivity contribution in [3.05, 3.63) is 36.3 Å². The molecule has 0 saturated carbocycles. The molecule has 0 radical (unpaired) electrons. The van der Waals surface area contributed by atoms with Crippen molar-refractivity contribution in [2.75, 3.05) is 49.8 Å². The Morgan fingerprint density at radius 3 is 2.56 bits per heavy atom. The van der Waals surface area contributed by atoms with Crippen LogP contribution < -0.4 is 21.1 Å². The normalized spacial score (nSPS) is 14.2. The summed E-state index contributed by atoms with van der Waals surface area (Å²) in [5.41, 5.74) is 13.3. The number of halogens is 2. The first kappa shape index (κ1) is 21.7. The molecule has 5 rings (SSSR count). The van der Waals surface area contributed by atoms with Crippen LogP contribution in [0.15, 0.2) is 30.5 Å². The van der Waals surface area contributed by atoms with E-state index < -0.39 is 12.2 Å². The number of alkyl halides is 2. The lowest BCUT2D eigenvalue weighted by molar-refractivity contribution is 0.122. The van der Waals surface area contributed by atoms with Gasteiger partial charge in [0.1, 0.15) is 17.1 Å². The molecule has 0 atom stereocenters. The fraction of sp³-hybridized carbons (Fsp3) is 0.286. The van der Waals surface area contributed by atoms with E-state index in [4.69, 9.17) is 20.9 Å². The fourth-order valence-electron chi connectivity index (χ4n) is 3.76. The summed E-state index contributed by atoms with van der Waals surface area (Å²) >= 11 is 0. The third-order valence-electron chi connectivity index (χ3n) is 5.38. The summed E-state index contributed by atoms with van der Waals surface area (Å²) in [5.74, 6) is 0.363. The molecule has 1 saturated heterocycles. The number of hydrogen-bond acceptors (Lipinski definition) is 10. The summed E-state index contributed by atoms with van der Waals surface area (Å²) in [4.78, 5) is 23.7. The Morgan fingerprint density at radius 1 is 1.06 bits per heavy atom. The van der Waals surface area contributed by atoms with Crippen LogP contribution in [-0.2, 0) is 4.74 Å². The third kappa shape index (κ3) is 3.79. The van der Waals surface area contributed by atoms with E-state index in [9.17, 15) is 8.78 Å². The van der Waals surface area contributed by atoms with E-state index in [1.165, 1.54) is 17.9 Å². The highest BCUT2D eigenvalue weighted by molar-refractivity contribution is 5.84. The number of para-hydroxylation sites is 1. The maximum Gasteiger partial charge on any atom is 0.296 e. The van der Waals surface area contributed by atoms with Crippen LogP contribution in [0.5, 0.6) is 5.75 Å². The number of anilines is 3. The molecule has 176 valence electrons. The zero-order valence-electron chi connectivity index (χ0n) is 18.2. The molecule has 0 bridgehead atoms. The number of nitrogen functional groups attached to an aromatic ring is 2. The van der Waals surface area contributed by atoms with Crippen LogP contribution in [0.25, 0.3) is 28.4 Å². The minimum Gasteiger partial charge on any atom is -0.494 e. The lowest BCUT2D eigenvalue weighted by Crippen LogP contribution is -2.37. The number of morpholine rings is 1. The second-order valence-corrected chi connectivity index (χ2v) is 7.49. The van der Waals surface area contributed by atoms with E-state index >= 15 is 0 Å². The van der Waals surface area contributed by atoms with E-state index in [0.717, 1.165) is 0 Å². The van der Waals surface area contributed by atoms with Crippen molar-refractivity contribution in [3.63, 3.8) is 0 Å². The summed E-state index contributed by atoms with van der Waals surface area (Å²) in [5, 5.41) is 0. The first-order valence-electron chi connectivity index (χ1n) is 10.4. The zero-order valence-corrected chi connectivity index (χ0v) is 18.2. The summed E-state index contributed by atoms with van der Waals surface area (Å²) in [6, 6.07) is 6.55. The standard InChI is InChI=1S/C21H21F2N9O2/c1-33-14-4-2-3-13-15(14)27-19(16(22)23)32(13)21-29-18(12-9-11(24)10-26-17(12)25)28-20(30-21)31-5-7-34-8-6-31/h2-4,9-10,16H,5-8,24H2,1H3,(H2,25,26). The quantitative estimate of drug-likeness (QED) is 0.446. The minimum absolute atomic E-state index is 0.0423. The molecule has 0 amide bonds. The van der Waals surface area contributed by atoms with E-state index in [1.807, 2.05) is 4.90 Å². The Kier molecular flexibility index (Phi) is 5.53. The van der Waals surface area contributed by atoms with Crippen molar-refractivity contribution < 1.29 is 18.3 Å². The van der Waals surface area contributed by atoms with Crippen molar-refractivity contribution >= 4 is 28.5 Å². The summed E-state index contributed by atoms with van der Waals surface area (Å²) in [6.07, 6.45) is -1.49. The van der Waals surface area contributed by atoms with Crippen molar-refractivity contribution in [2.45, 2.75) is 6.43 Å². The predicted octanol–water partition coefficient (Wildman–Crippen LogP) is 2.22. The number of nitrogens with zero attached hydrogens (tertiary/aromatic N) is 7. The van der Waals surface area contributed by atoms with Crippen LogP contribution in [0.1, 0.15) is 12.2 Å². The van der Waals surface area contributed by atoms with Gasteiger partial charge in [0.2, 0.25) is 11.9 Å². The number of benzene rings is 1. The molecule has 3 aromatic heterocycles. The Labute approximate surface area is 192 Å². The lowest BCUT2D eigenvalue weighted by atomic mass is 10.2. The highest BCUT2D eigenvalue weighted by Crippen LogP contribution is 2.33. The van der Waals surface area contributed by atoms with Gasteiger partial charge in [-0.15, -0.1) is 0 Å². The maximum absolute atomic E-state index is 14.1. The van der Waals surface area contributed by atoms with Gasteiger partial charge >= 0.3 is 0 Å². The van der Waals surface area contributed by atoms with Gasteiger partial charge in [-0.2, -0.15) is 15.0 Å². The molecule has 13 heteroatoms. The maximum atomic E-state index is 14.1. The zero-order chi connectivity index (χ0) is 23.8. The monoisotopic (exact) mass is 469 g/mol. The number of hydrogen-bond donors (Lipinski definition) is 2. The van der Waals surface area contributed by atoms with E-state index in [0.29, 0.717) is 48.8 Å². The molecule has 1 aromatic carbocycles. The average molecular weight is 469 g/mol. The van der Waals surface area contributed by atoms with Gasteiger partial charge in [-0.25, -0.2) is 18.7 Å². The van der Waals surface area contributed by atoms with Crippen LogP contribution in [0, 0.1) is 0 Å². The molecule has 34 heavy (non-hydrogen) atoms. The van der Waals surface area contributed by atoms with Gasteiger partial charge in [0.25, 0.3) is 6.43 Å². The molecule has 1 aliphatic heterocycles. The van der Waals surface area contributed by atoms with Crippen LogP contribution in [0.3, 0.4) is 0 Å². The van der Waals surface area contributed by atoms with E-state index in [1.54, 1.807) is 24.3 Å². The van der Waals surface area contributed by atoms with Gasteiger partial charge in [-0.05, 0) is 18.2 Å². The fourth-order valence-corrected chi connectivity index (χ4v) is 3.76. The van der Waals surface area contributed by atoms with Crippen LogP contribution in [-0.4, -0.2) is 62.9 Å². The molecule has 0 spiro atoms. The van der Waals surface area contributed by atoms with Gasteiger partial charge in [0.15, 0.2) is 11.6 Å². The van der Waals surface area contributed by atoms with Gasteiger partial charge in [-0.1, -0.05) is 6.07 Å². The van der Waals surface area contributed by atoms with Crippen LogP contribution in [0.2, 0.25) is 0 Å². The van der Waals surface area contributed by atoms with E-state index in [2.05, 4.69) is 24.9 Å². The van der Waals surface area contributed by atoms with Gasteiger partial charge in [0, 0.05) is 13.1 Å². The highest BCUT2D eigenvalue weighted by Gasteiger charge is 2.26. The van der Waals surface area contributed by atoms with Gasteiger partial charge in [0.05, 0.1) is 43.3 Å². The molecular formula is C21H21F2N9O2. The molecule has 4 aromatic rings. The SMILES string of the molecule is COc1cccc2c1nc(C(F)F)n2-c1nc(-c2cc(N)cnc2N)nc(N2CCOCC2)n1. The van der Waals surface area contributed by atoms with Crippen LogP contribution >= 0.6 is 0 Å². The number of ether oxygens (including phenoxy) is 2. The van der Waals surface area contributed by atoms with Crippen molar-refractivity contribution in [1.29, 1.82) is 0 Å². The molecule has 1 aliphatic rings. The van der Waals surface area contributed by atoms with Crippen LogP contribution in [0.4, 0.5) is 26.2 Å². The Morgan fingerprint density at radius 2 is 1.82 bits per heavy atom. The second kappa shape index (κ2) is 8.67. The molecule has 1 fully saturated rings. The Bertz CT molecular complexity index is 1360. The molecule has 0 aliphatic carbocycles. The predicted molar refractivity (Wildman–Crippen MR) is 121 cm³/mol. The summed E-state index contributed by atoms with van der Waals surface area (Å²) in [6.45, 7) is 2.00. The van der Waals surface area contributed by atoms with Crippen molar-refractivity contribution in [2.24, 2.45) is 0 Å². The highest BCUT2D eigenvalue weighted by atomic mass is 19.3. The first-order chi connectivity index (χ1) is 16.5. The summed E-state index contributed by atoms with van der Waals surface area (Å²) in [7, 11) is 1.45. The minimum atomic E-state index is -2.90. The Balaban J connectivity index is 1.78. The first-order valence-corrected chi connectivity index (χ1v) is 10.4. The molecule has 4 N–H and O–H groups in total. The number of imidazole rings is 1. The summed E-state index contributed by atoms with van der Waals surface area (Å²) < 4.78 is 40.2. The number of fused-ring (bicyclic) bond motifs is 1. The average Bonchev–Trinajstić information content (AvgIpc) is 3.26. The lowest BCUT2D eigenvalue weighted by Gasteiger charge is -2.27. The number of nitrogens with two attached hydrogens (primary N) is 2. The van der Waals surface area contributed by atoms with Crippen molar-refractivity contribution in [3.8, 4) is 23.1 Å².